The number of esters is 1. The summed E-state index contributed by atoms with van der Waals surface area (Å²) in [6.45, 7) is 0.288. The molecule has 0 aliphatic carbocycles. The molecule has 284 valence electrons. The number of amides is 5. The molecule has 22 heteroatoms. The fourth-order valence-electron chi connectivity index (χ4n) is 4.64. The fourth-order valence-corrected chi connectivity index (χ4v) is 5.29. The summed E-state index contributed by atoms with van der Waals surface area (Å²) in [5, 5.41) is 46.6. The third-order valence-corrected chi connectivity index (χ3v) is 7.92. The van der Waals surface area contributed by atoms with E-state index in [9.17, 15) is 67.0 Å². The minimum Gasteiger partial charge on any atom is -0.479 e. The smallest absolute Gasteiger partial charge is 0.335 e. The highest BCUT2D eigenvalue weighted by Crippen LogP contribution is 2.31. The van der Waals surface area contributed by atoms with Gasteiger partial charge >= 0.3 is 11.9 Å². The normalized spacial score (nSPS) is 22.2. The van der Waals surface area contributed by atoms with Crippen LogP contribution in [0.1, 0.15) is 25.3 Å². The Morgan fingerprint density at radius 1 is 1.00 bits per heavy atom. The minimum absolute atomic E-state index is 0.0951. The predicted molar refractivity (Wildman–Crippen MR) is 172 cm³/mol. The number of benzene rings is 1. The van der Waals surface area contributed by atoms with Crippen LogP contribution in [0.4, 0.5) is 5.69 Å². The van der Waals surface area contributed by atoms with Crippen molar-refractivity contribution in [2.45, 2.75) is 56.5 Å². The molecule has 2 heterocycles. The zero-order valence-corrected chi connectivity index (χ0v) is 28.1. The van der Waals surface area contributed by atoms with E-state index in [2.05, 4.69) is 16.0 Å². The molecule has 3 rings (SSSR count). The van der Waals surface area contributed by atoms with E-state index in [0.29, 0.717) is 5.56 Å². The average Bonchev–Trinajstić information content (AvgIpc) is 3.38. The summed E-state index contributed by atoms with van der Waals surface area (Å²) in [5.74, 6) is -7.85. The number of aliphatic carboxylic acids is 1. The van der Waals surface area contributed by atoms with Gasteiger partial charge in [0.25, 0.3) is 21.9 Å². The molecule has 52 heavy (non-hydrogen) atoms. The van der Waals surface area contributed by atoms with Gasteiger partial charge in [-0.3, -0.25) is 38.2 Å². The van der Waals surface area contributed by atoms with Gasteiger partial charge in [-0.05, 0) is 23.8 Å². The van der Waals surface area contributed by atoms with Crippen molar-refractivity contribution in [2.75, 3.05) is 30.8 Å². The van der Waals surface area contributed by atoms with Crippen molar-refractivity contribution in [1.82, 2.24) is 15.5 Å². The molecule has 8 N–H and O–H groups in total. The average molecular weight is 757 g/mol. The number of aliphatic hydroxyl groups excluding tert-OH is 3. The van der Waals surface area contributed by atoms with E-state index in [1.807, 2.05) is 0 Å². The molecule has 2 aliphatic heterocycles. The highest BCUT2D eigenvalue weighted by atomic mass is 32.2. The standard InChI is InChI=1S/C30H36N4O17S/c1-15(35)49-12-2-3-16-4-5-19(50-30-26(42)24(40)25(41)27(51-30)29(44)45)17(13-16)32-20(36)8-10-31-28(43)18(14-52(46,47)48)33-21(37)9-11-34-22(38)6-7-23(34)39/h2-7,13,18,24-27,30,40-42H,8-12,14H2,1H3,(H,31,43)(H,32,36)(H,33,37)(H,44,45)(H,46,47,48)/b3-2+/t18-,24-,25-,26+,27-,30+/m0/s1. The fraction of sp³-hybridized carbons (Fsp3) is 0.433. The van der Waals surface area contributed by atoms with Gasteiger partial charge in [0.1, 0.15) is 42.5 Å². The number of aliphatic hydroxyl groups is 3. The number of hydrogen-bond acceptors (Lipinski definition) is 15. The molecule has 1 aromatic rings. The number of rotatable bonds is 17. The topological polar surface area (TPSA) is 322 Å². The molecule has 0 radical (unpaired) electrons. The molecule has 5 amide bonds. The van der Waals surface area contributed by atoms with Crippen molar-refractivity contribution in [1.29, 1.82) is 0 Å². The largest absolute Gasteiger partial charge is 0.479 e. The van der Waals surface area contributed by atoms with E-state index in [4.69, 9.17) is 14.2 Å². The first-order chi connectivity index (χ1) is 24.4. The second-order valence-corrected chi connectivity index (χ2v) is 12.7. The third kappa shape index (κ3) is 12.2. The molecular weight excluding hydrogens is 720 g/mol. The second-order valence-electron chi connectivity index (χ2n) is 11.2. The number of nitrogens with one attached hydrogen (secondary N) is 3. The Balaban J connectivity index is 1.68. The Hall–Kier alpha value is -5.26. The first kappa shape index (κ1) is 41.2. The van der Waals surface area contributed by atoms with Gasteiger partial charge < -0.3 is 50.6 Å². The molecule has 0 saturated carbocycles. The van der Waals surface area contributed by atoms with Crippen molar-refractivity contribution in [3.63, 3.8) is 0 Å². The Labute approximate surface area is 294 Å². The lowest BCUT2D eigenvalue weighted by Gasteiger charge is -2.38. The Kier molecular flexibility index (Phi) is 14.5. The lowest BCUT2D eigenvalue weighted by Crippen LogP contribution is -2.61. The highest BCUT2D eigenvalue weighted by molar-refractivity contribution is 7.85. The molecule has 0 spiro atoms. The van der Waals surface area contributed by atoms with E-state index in [-0.39, 0.29) is 24.6 Å². The number of imide groups is 1. The highest BCUT2D eigenvalue weighted by Gasteiger charge is 2.48. The molecule has 0 unspecified atom stereocenters. The van der Waals surface area contributed by atoms with E-state index in [1.54, 1.807) is 0 Å². The lowest BCUT2D eigenvalue weighted by molar-refractivity contribution is -0.271. The Morgan fingerprint density at radius 3 is 2.29 bits per heavy atom. The van der Waals surface area contributed by atoms with Gasteiger partial charge in [0.05, 0.1) is 5.69 Å². The van der Waals surface area contributed by atoms with Crippen LogP contribution in [0.15, 0.2) is 36.4 Å². The second kappa shape index (κ2) is 18.3. The number of carboxylic acids is 1. The molecule has 0 aromatic heterocycles. The van der Waals surface area contributed by atoms with E-state index >= 15 is 0 Å². The molecule has 1 saturated heterocycles. The summed E-state index contributed by atoms with van der Waals surface area (Å²) in [7, 11) is -4.81. The summed E-state index contributed by atoms with van der Waals surface area (Å²) >= 11 is 0. The molecule has 1 aromatic carbocycles. The van der Waals surface area contributed by atoms with E-state index in [1.165, 1.54) is 37.3 Å². The number of carboxylic acid groups (broad SMARTS) is 1. The van der Waals surface area contributed by atoms with Crippen molar-refractivity contribution < 1.29 is 81.2 Å². The minimum atomic E-state index is -4.81. The predicted octanol–water partition coefficient (Wildman–Crippen LogP) is -3.33. The first-order valence-electron chi connectivity index (χ1n) is 15.2. The summed E-state index contributed by atoms with van der Waals surface area (Å²) < 4.78 is 47.9. The van der Waals surface area contributed by atoms with E-state index in [0.717, 1.165) is 17.1 Å². The summed E-state index contributed by atoms with van der Waals surface area (Å²) in [6.07, 6.45) is -5.80. The maximum absolute atomic E-state index is 12.9. The van der Waals surface area contributed by atoms with Crippen LogP contribution in [-0.2, 0) is 53.2 Å². The van der Waals surface area contributed by atoms with Gasteiger partial charge in [0, 0.05) is 45.0 Å². The molecule has 2 aliphatic rings. The van der Waals surface area contributed by atoms with Crippen molar-refractivity contribution >= 4 is 63.4 Å². The molecular formula is C30H36N4O17S. The van der Waals surface area contributed by atoms with Crippen molar-refractivity contribution in [2.24, 2.45) is 0 Å². The maximum Gasteiger partial charge on any atom is 0.335 e. The van der Waals surface area contributed by atoms with Crippen LogP contribution in [-0.4, -0.2) is 142 Å². The summed E-state index contributed by atoms with van der Waals surface area (Å²) in [6, 6.07) is 2.24. The number of nitrogens with zero attached hydrogens (tertiary/aromatic N) is 1. The number of carbonyl (C=O) groups is 7. The maximum atomic E-state index is 12.9. The quantitative estimate of drug-likeness (QED) is 0.0438. The van der Waals surface area contributed by atoms with Crippen LogP contribution in [0, 0.1) is 0 Å². The van der Waals surface area contributed by atoms with E-state index < -0.39 is 113 Å². The zero-order chi connectivity index (χ0) is 38.7. The number of carbonyl (C=O) groups excluding carboxylic acids is 6. The number of hydrogen-bond donors (Lipinski definition) is 8. The van der Waals surface area contributed by atoms with Crippen LogP contribution in [0.3, 0.4) is 0 Å². The van der Waals surface area contributed by atoms with Crippen LogP contribution in [0.5, 0.6) is 5.75 Å². The van der Waals surface area contributed by atoms with Gasteiger partial charge in [0.2, 0.25) is 24.0 Å². The number of ether oxygens (including phenoxy) is 3. The van der Waals surface area contributed by atoms with Crippen LogP contribution < -0.4 is 20.7 Å². The van der Waals surface area contributed by atoms with Crippen molar-refractivity contribution in [3.8, 4) is 5.75 Å². The Bertz CT molecular complexity index is 1710. The molecule has 6 atom stereocenters. The van der Waals surface area contributed by atoms with Crippen LogP contribution in [0.25, 0.3) is 6.08 Å². The lowest BCUT2D eigenvalue weighted by atomic mass is 9.99. The van der Waals surface area contributed by atoms with Gasteiger partial charge in [-0.15, -0.1) is 0 Å². The number of anilines is 1. The monoisotopic (exact) mass is 756 g/mol. The Morgan fingerprint density at radius 2 is 1.67 bits per heavy atom. The molecule has 1 fully saturated rings. The first-order valence-corrected chi connectivity index (χ1v) is 16.9. The van der Waals surface area contributed by atoms with Gasteiger partial charge in [0.15, 0.2) is 6.10 Å². The SMILES string of the molecule is CC(=O)OC/C=C/c1ccc(O[C@@H]2O[C@H](C(=O)O)[C@@H](O)[C@H](O)[C@H]2O)c(NC(=O)CCNC(=O)[C@H](CS(=O)(=O)O)NC(=O)CCN2C(=O)C=CC2=O)c1. The summed E-state index contributed by atoms with van der Waals surface area (Å²) in [4.78, 5) is 84.7. The third-order valence-electron chi connectivity index (χ3n) is 7.17. The van der Waals surface area contributed by atoms with Crippen LogP contribution >= 0.6 is 0 Å². The van der Waals surface area contributed by atoms with Gasteiger partial charge in [-0.2, -0.15) is 8.42 Å². The van der Waals surface area contributed by atoms with Crippen LogP contribution in [0.2, 0.25) is 0 Å². The van der Waals surface area contributed by atoms with Gasteiger partial charge in [-0.25, -0.2) is 4.79 Å². The van der Waals surface area contributed by atoms with Crippen molar-refractivity contribution in [3.05, 3.63) is 42.0 Å². The van der Waals surface area contributed by atoms with Gasteiger partial charge in [-0.1, -0.05) is 12.1 Å². The molecule has 21 nitrogen and oxygen atoms in total. The molecule has 0 bridgehead atoms. The summed E-state index contributed by atoms with van der Waals surface area (Å²) in [5.41, 5.74) is 0.307. The zero-order valence-electron chi connectivity index (χ0n) is 27.2.